The molecule has 2 aromatic carbocycles. The first-order chi connectivity index (χ1) is 15.6. The van der Waals surface area contributed by atoms with Crippen LogP contribution in [0.2, 0.25) is 0 Å². The molecule has 178 valence electrons. The molecule has 4 rings (SSSR count). The van der Waals surface area contributed by atoms with Crippen LogP contribution in [-0.2, 0) is 11.3 Å². The van der Waals surface area contributed by atoms with Gasteiger partial charge in [-0.2, -0.15) is 0 Å². The third-order valence-corrected chi connectivity index (χ3v) is 6.13. The fraction of sp³-hybridized carbons (Fsp3) is 0.458. The fourth-order valence-corrected chi connectivity index (χ4v) is 4.42. The molecular weight excluding hydrogens is 440 g/mol. The lowest BCUT2D eigenvalue weighted by atomic mass is 10.0. The molecule has 0 aliphatic carbocycles. The van der Waals surface area contributed by atoms with Crippen molar-refractivity contribution >= 4 is 18.1 Å². The van der Waals surface area contributed by atoms with Gasteiger partial charge in [0.15, 0.2) is 5.82 Å². The average molecular weight is 473 g/mol. The van der Waals surface area contributed by atoms with E-state index in [4.69, 9.17) is 9.47 Å². The van der Waals surface area contributed by atoms with Gasteiger partial charge in [-0.15, -0.1) is 17.5 Å². The molecule has 1 fully saturated rings. The normalized spacial score (nSPS) is 15.2. The van der Waals surface area contributed by atoms with Gasteiger partial charge in [0.2, 0.25) is 0 Å². The zero-order valence-electron chi connectivity index (χ0n) is 19.8. The minimum atomic E-state index is -0.0984. The SMILES string of the molecule is COCCn1nnnc1C(c1ccccc1OC)N1CCN(c2cc(C)ccc2C)CC1.Cl. The Balaban J connectivity index is 0.00000306. The first-order valence-corrected chi connectivity index (χ1v) is 11.1. The molecule has 0 spiro atoms. The van der Waals surface area contributed by atoms with Crippen LogP contribution in [-0.4, -0.2) is 72.1 Å². The summed E-state index contributed by atoms with van der Waals surface area (Å²) < 4.78 is 12.8. The molecule has 33 heavy (non-hydrogen) atoms. The van der Waals surface area contributed by atoms with Crippen molar-refractivity contribution in [1.82, 2.24) is 25.1 Å². The van der Waals surface area contributed by atoms with E-state index in [0.717, 1.165) is 43.3 Å². The van der Waals surface area contributed by atoms with Crippen molar-refractivity contribution in [2.45, 2.75) is 26.4 Å². The number of piperazine rings is 1. The quantitative estimate of drug-likeness (QED) is 0.498. The summed E-state index contributed by atoms with van der Waals surface area (Å²) in [5.74, 6) is 1.66. The van der Waals surface area contributed by atoms with Crippen LogP contribution in [0.1, 0.15) is 28.6 Å². The van der Waals surface area contributed by atoms with Crippen molar-refractivity contribution in [2.75, 3.05) is 51.9 Å². The van der Waals surface area contributed by atoms with E-state index in [1.807, 2.05) is 22.9 Å². The standard InChI is InChI=1S/C24H32N6O2.ClH/c1-18-9-10-19(2)21(17-18)28-11-13-29(14-12-28)23(20-7-5-6-8-22(20)32-4)24-25-26-27-30(24)15-16-31-3;/h5-10,17,23H,11-16H2,1-4H3;1H. The Kier molecular flexibility index (Phi) is 8.66. The monoisotopic (exact) mass is 472 g/mol. The van der Waals surface area contributed by atoms with Crippen LogP contribution >= 0.6 is 12.4 Å². The van der Waals surface area contributed by atoms with Crippen molar-refractivity contribution in [2.24, 2.45) is 0 Å². The molecule has 0 saturated carbocycles. The first-order valence-electron chi connectivity index (χ1n) is 11.1. The second-order valence-corrected chi connectivity index (χ2v) is 8.21. The maximum absolute atomic E-state index is 5.72. The van der Waals surface area contributed by atoms with Gasteiger partial charge < -0.3 is 14.4 Å². The number of hydrogen-bond acceptors (Lipinski definition) is 7. The zero-order valence-corrected chi connectivity index (χ0v) is 20.6. The summed E-state index contributed by atoms with van der Waals surface area (Å²) in [6.07, 6.45) is 0. The summed E-state index contributed by atoms with van der Waals surface area (Å²) in [6.45, 7) is 9.16. The molecule has 0 radical (unpaired) electrons. The van der Waals surface area contributed by atoms with Crippen LogP contribution in [0.3, 0.4) is 0 Å². The predicted molar refractivity (Wildman–Crippen MR) is 131 cm³/mol. The maximum atomic E-state index is 5.72. The van der Waals surface area contributed by atoms with E-state index < -0.39 is 0 Å². The summed E-state index contributed by atoms with van der Waals surface area (Å²) >= 11 is 0. The van der Waals surface area contributed by atoms with E-state index in [1.54, 1.807) is 14.2 Å². The molecule has 8 nitrogen and oxygen atoms in total. The number of benzene rings is 2. The van der Waals surface area contributed by atoms with Gasteiger partial charge in [0, 0.05) is 44.5 Å². The summed E-state index contributed by atoms with van der Waals surface area (Å²) in [5, 5.41) is 12.7. The minimum absolute atomic E-state index is 0. The highest BCUT2D eigenvalue weighted by molar-refractivity contribution is 5.85. The van der Waals surface area contributed by atoms with Crippen LogP contribution in [0, 0.1) is 13.8 Å². The van der Waals surface area contributed by atoms with Crippen LogP contribution in [0.5, 0.6) is 5.75 Å². The molecule has 1 atom stereocenters. The van der Waals surface area contributed by atoms with Crippen LogP contribution in [0.25, 0.3) is 0 Å². The molecule has 0 bridgehead atoms. The van der Waals surface area contributed by atoms with Gasteiger partial charge in [0.25, 0.3) is 0 Å². The summed E-state index contributed by atoms with van der Waals surface area (Å²) in [7, 11) is 3.40. The van der Waals surface area contributed by atoms with Crippen molar-refractivity contribution in [3.63, 3.8) is 0 Å². The van der Waals surface area contributed by atoms with E-state index >= 15 is 0 Å². The second-order valence-electron chi connectivity index (χ2n) is 8.21. The van der Waals surface area contributed by atoms with Gasteiger partial charge in [0.1, 0.15) is 11.8 Å². The van der Waals surface area contributed by atoms with Gasteiger partial charge in [-0.3, -0.25) is 4.90 Å². The Labute approximate surface area is 201 Å². The number of aromatic nitrogens is 4. The molecule has 0 amide bonds. The maximum Gasteiger partial charge on any atom is 0.173 e. The van der Waals surface area contributed by atoms with Gasteiger partial charge in [-0.05, 0) is 47.5 Å². The van der Waals surface area contributed by atoms with Gasteiger partial charge >= 0.3 is 0 Å². The number of methoxy groups -OCH3 is 2. The number of rotatable bonds is 8. The van der Waals surface area contributed by atoms with Crippen molar-refractivity contribution in [3.8, 4) is 5.75 Å². The molecule has 1 saturated heterocycles. The average Bonchev–Trinajstić information content (AvgIpc) is 3.28. The van der Waals surface area contributed by atoms with Gasteiger partial charge in [-0.1, -0.05) is 30.3 Å². The lowest BCUT2D eigenvalue weighted by Gasteiger charge is -2.40. The molecule has 1 aromatic heterocycles. The van der Waals surface area contributed by atoms with Crippen LogP contribution in [0.4, 0.5) is 5.69 Å². The third kappa shape index (κ3) is 5.46. The molecule has 9 heteroatoms. The highest BCUT2D eigenvalue weighted by Gasteiger charge is 2.32. The molecule has 1 unspecified atom stereocenters. The van der Waals surface area contributed by atoms with E-state index in [0.29, 0.717) is 13.2 Å². The lowest BCUT2D eigenvalue weighted by molar-refractivity contribution is 0.171. The number of hydrogen-bond donors (Lipinski definition) is 0. The second kappa shape index (κ2) is 11.4. The van der Waals surface area contributed by atoms with Gasteiger partial charge in [0.05, 0.1) is 20.3 Å². The summed E-state index contributed by atoms with van der Waals surface area (Å²) in [4.78, 5) is 4.93. The Hall–Kier alpha value is -2.68. The number of ether oxygens (including phenoxy) is 2. The van der Waals surface area contributed by atoms with Crippen molar-refractivity contribution in [1.29, 1.82) is 0 Å². The van der Waals surface area contributed by atoms with E-state index in [1.165, 1.54) is 16.8 Å². The Bertz CT molecular complexity index is 1040. The first kappa shape index (κ1) is 25.0. The number of nitrogens with zero attached hydrogens (tertiary/aromatic N) is 6. The Morgan fingerprint density at radius 3 is 2.48 bits per heavy atom. The molecule has 3 aromatic rings. The van der Waals surface area contributed by atoms with E-state index in [2.05, 4.69) is 63.4 Å². The number of aryl methyl sites for hydroxylation is 2. The van der Waals surface area contributed by atoms with Crippen molar-refractivity contribution < 1.29 is 9.47 Å². The molecule has 1 aliphatic rings. The number of halogens is 1. The van der Waals surface area contributed by atoms with E-state index in [9.17, 15) is 0 Å². The highest BCUT2D eigenvalue weighted by Crippen LogP contribution is 2.35. The predicted octanol–water partition coefficient (Wildman–Crippen LogP) is 3.28. The highest BCUT2D eigenvalue weighted by atomic mass is 35.5. The molecule has 0 N–H and O–H groups in total. The lowest BCUT2D eigenvalue weighted by Crippen LogP contribution is -2.48. The fourth-order valence-electron chi connectivity index (χ4n) is 4.42. The van der Waals surface area contributed by atoms with Gasteiger partial charge in [-0.25, -0.2) is 4.68 Å². The van der Waals surface area contributed by atoms with E-state index in [-0.39, 0.29) is 18.4 Å². The van der Waals surface area contributed by atoms with Crippen molar-refractivity contribution in [3.05, 3.63) is 65.0 Å². The molecule has 2 heterocycles. The zero-order chi connectivity index (χ0) is 22.5. The number of para-hydroxylation sites is 1. The summed E-state index contributed by atoms with van der Waals surface area (Å²) in [5.41, 5.74) is 5.00. The summed E-state index contributed by atoms with van der Waals surface area (Å²) in [6, 6.07) is 14.7. The molecule has 1 aliphatic heterocycles. The third-order valence-electron chi connectivity index (χ3n) is 6.13. The number of anilines is 1. The molecular formula is C24H33ClN6O2. The Morgan fingerprint density at radius 2 is 1.76 bits per heavy atom. The number of tetrazole rings is 1. The topological polar surface area (TPSA) is 68.5 Å². The van der Waals surface area contributed by atoms with Crippen LogP contribution < -0.4 is 9.64 Å². The smallest absolute Gasteiger partial charge is 0.173 e. The van der Waals surface area contributed by atoms with Crippen LogP contribution in [0.15, 0.2) is 42.5 Å². The Morgan fingerprint density at radius 1 is 1.00 bits per heavy atom. The minimum Gasteiger partial charge on any atom is -0.496 e. The largest absolute Gasteiger partial charge is 0.496 e.